The van der Waals surface area contributed by atoms with Gasteiger partial charge in [0.25, 0.3) is 0 Å². The third kappa shape index (κ3) is 3.34. The minimum atomic E-state index is -1.11. The molecule has 0 amide bonds. The first-order valence-corrected chi connectivity index (χ1v) is 5.43. The Morgan fingerprint density at radius 1 is 1.62 bits per heavy atom. The molecule has 5 heteroatoms. The van der Waals surface area contributed by atoms with Crippen LogP contribution in [0.2, 0.25) is 0 Å². The molecular formula is C11H19N3O2. The van der Waals surface area contributed by atoms with Crippen LogP contribution in [0.1, 0.15) is 32.0 Å². The van der Waals surface area contributed by atoms with Crippen LogP contribution in [-0.2, 0) is 11.3 Å². The highest BCUT2D eigenvalue weighted by Crippen LogP contribution is 2.11. The summed E-state index contributed by atoms with van der Waals surface area (Å²) in [6.45, 7) is 4.36. The number of carboxylic acids is 1. The van der Waals surface area contributed by atoms with E-state index >= 15 is 0 Å². The largest absolute Gasteiger partial charge is 0.480 e. The van der Waals surface area contributed by atoms with Gasteiger partial charge in [-0.15, -0.1) is 0 Å². The zero-order valence-electron chi connectivity index (χ0n) is 9.81. The lowest BCUT2D eigenvalue weighted by Gasteiger charge is -2.18. The van der Waals surface area contributed by atoms with Gasteiger partial charge in [0.1, 0.15) is 11.4 Å². The molecule has 0 bridgehead atoms. The fourth-order valence-corrected chi connectivity index (χ4v) is 1.52. The molecule has 0 aliphatic rings. The summed E-state index contributed by atoms with van der Waals surface area (Å²) >= 11 is 0. The summed E-state index contributed by atoms with van der Waals surface area (Å²) in [4.78, 5) is 14.9. The molecule has 3 N–H and O–H groups in total. The lowest BCUT2D eigenvalue weighted by molar-refractivity contribution is -0.142. The highest BCUT2D eigenvalue weighted by Gasteiger charge is 2.26. The highest BCUT2D eigenvalue weighted by molar-refractivity contribution is 5.77. The van der Waals surface area contributed by atoms with Gasteiger partial charge >= 0.3 is 5.97 Å². The van der Waals surface area contributed by atoms with Gasteiger partial charge in [-0.05, 0) is 33.1 Å². The number of aryl methyl sites for hydroxylation is 2. The Morgan fingerprint density at radius 2 is 2.31 bits per heavy atom. The summed E-state index contributed by atoms with van der Waals surface area (Å²) in [6, 6.07) is 0. The molecule has 1 aromatic rings. The molecule has 1 atom stereocenters. The van der Waals surface area contributed by atoms with E-state index in [2.05, 4.69) is 9.55 Å². The number of aromatic nitrogens is 2. The van der Waals surface area contributed by atoms with Crippen molar-refractivity contribution in [1.82, 2.24) is 9.55 Å². The van der Waals surface area contributed by atoms with Gasteiger partial charge in [-0.25, -0.2) is 4.98 Å². The molecule has 0 saturated carbocycles. The number of hydrogen-bond donors (Lipinski definition) is 2. The number of carbonyl (C=O) groups is 1. The molecule has 1 rings (SSSR count). The zero-order valence-corrected chi connectivity index (χ0v) is 9.81. The van der Waals surface area contributed by atoms with Gasteiger partial charge in [-0.2, -0.15) is 0 Å². The summed E-state index contributed by atoms with van der Waals surface area (Å²) < 4.78 is 2.05. The van der Waals surface area contributed by atoms with Gasteiger partial charge in [0, 0.05) is 18.9 Å². The van der Waals surface area contributed by atoms with Crippen LogP contribution in [0.5, 0.6) is 0 Å². The first-order valence-electron chi connectivity index (χ1n) is 5.43. The van der Waals surface area contributed by atoms with Crippen LogP contribution in [0.3, 0.4) is 0 Å². The minimum absolute atomic E-state index is 0.496. The first kappa shape index (κ1) is 12.7. The van der Waals surface area contributed by atoms with E-state index in [-0.39, 0.29) is 0 Å². The molecule has 1 aromatic heterocycles. The number of nitrogens with zero attached hydrogens (tertiary/aromatic N) is 2. The lowest BCUT2D eigenvalue weighted by atomic mass is 9.96. The predicted molar refractivity (Wildman–Crippen MR) is 61.0 cm³/mol. The average Bonchev–Trinajstić information content (AvgIpc) is 2.59. The van der Waals surface area contributed by atoms with E-state index in [0.717, 1.165) is 25.2 Å². The Hall–Kier alpha value is -1.36. The van der Waals surface area contributed by atoms with E-state index in [1.165, 1.54) is 0 Å². The van der Waals surface area contributed by atoms with Crippen LogP contribution in [0.25, 0.3) is 0 Å². The predicted octanol–water partition coefficient (Wildman–Crippen LogP) is 1.16. The van der Waals surface area contributed by atoms with Gasteiger partial charge < -0.3 is 15.4 Å². The zero-order chi connectivity index (χ0) is 12.2. The summed E-state index contributed by atoms with van der Waals surface area (Å²) in [5.41, 5.74) is 4.52. The fraction of sp³-hybridized carbons (Fsp3) is 0.636. The minimum Gasteiger partial charge on any atom is -0.480 e. The van der Waals surface area contributed by atoms with Crippen molar-refractivity contribution in [1.29, 1.82) is 0 Å². The third-order valence-corrected chi connectivity index (χ3v) is 2.76. The Labute approximate surface area is 95.3 Å². The van der Waals surface area contributed by atoms with E-state index < -0.39 is 11.5 Å². The van der Waals surface area contributed by atoms with Crippen molar-refractivity contribution in [3.05, 3.63) is 18.2 Å². The molecule has 1 unspecified atom stereocenters. The summed E-state index contributed by atoms with van der Waals surface area (Å²) in [6.07, 6.45) is 5.90. The maximum Gasteiger partial charge on any atom is 0.323 e. The normalized spacial score (nSPS) is 14.7. The van der Waals surface area contributed by atoms with Gasteiger partial charge in [0.2, 0.25) is 0 Å². The van der Waals surface area contributed by atoms with E-state index in [9.17, 15) is 4.79 Å². The molecule has 90 valence electrons. The van der Waals surface area contributed by atoms with Crippen molar-refractivity contribution in [3.63, 3.8) is 0 Å². The topological polar surface area (TPSA) is 81.1 Å². The molecule has 0 spiro atoms. The fourth-order valence-electron chi connectivity index (χ4n) is 1.52. The van der Waals surface area contributed by atoms with Crippen LogP contribution < -0.4 is 5.73 Å². The smallest absolute Gasteiger partial charge is 0.323 e. The van der Waals surface area contributed by atoms with E-state index in [1.807, 2.05) is 13.1 Å². The van der Waals surface area contributed by atoms with Gasteiger partial charge in [-0.3, -0.25) is 4.79 Å². The lowest BCUT2D eigenvalue weighted by Crippen LogP contribution is -2.44. The second kappa shape index (κ2) is 5.12. The van der Waals surface area contributed by atoms with Gasteiger partial charge in [-0.1, -0.05) is 0 Å². The second-order valence-electron chi connectivity index (χ2n) is 4.35. The number of hydrogen-bond acceptors (Lipinski definition) is 3. The van der Waals surface area contributed by atoms with Crippen LogP contribution in [0, 0.1) is 6.92 Å². The van der Waals surface area contributed by atoms with Crippen molar-refractivity contribution in [2.24, 2.45) is 5.73 Å². The summed E-state index contributed by atoms with van der Waals surface area (Å²) in [7, 11) is 0. The molecule has 0 fully saturated rings. The van der Waals surface area contributed by atoms with Crippen LogP contribution in [0.15, 0.2) is 12.4 Å². The standard InChI is InChI=1S/C11H19N3O2/c1-9-13-6-8-14(9)7-4-3-5-11(2,12)10(15)16/h6,8H,3-5,7,12H2,1-2H3,(H,15,16). The molecule has 0 saturated heterocycles. The molecule has 0 aliphatic heterocycles. The van der Waals surface area contributed by atoms with Crippen LogP contribution >= 0.6 is 0 Å². The van der Waals surface area contributed by atoms with Crippen molar-refractivity contribution in [2.45, 2.75) is 45.2 Å². The monoisotopic (exact) mass is 225 g/mol. The number of nitrogens with two attached hydrogens (primary N) is 1. The third-order valence-electron chi connectivity index (χ3n) is 2.76. The number of rotatable bonds is 6. The van der Waals surface area contributed by atoms with Crippen molar-refractivity contribution >= 4 is 5.97 Å². The Bertz CT molecular complexity index is 358. The van der Waals surface area contributed by atoms with E-state index in [0.29, 0.717) is 6.42 Å². The second-order valence-corrected chi connectivity index (χ2v) is 4.35. The van der Waals surface area contributed by atoms with Crippen LogP contribution in [0.4, 0.5) is 0 Å². The quantitative estimate of drug-likeness (QED) is 0.712. The highest BCUT2D eigenvalue weighted by atomic mass is 16.4. The molecule has 0 aromatic carbocycles. The maximum absolute atomic E-state index is 10.8. The molecule has 5 nitrogen and oxygen atoms in total. The summed E-state index contributed by atoms with van der Waals surface area (Å²) in [5.74, 6) is 0.0417. The van der Waals surface area contributed by atoms with Crippen molar-refractivity contribution in [2.75, 3.05) is 0 Å². The summed E-state index contributed by atoms with van der Waals surface area (Å²) in [5, 5.41) is 8.83. The Balaban J connectivity index is 2.27. The average molecular weight is 225 g/mol. The van der Waals surface area contributed by atoms with Gasteiger partial charge in [0.15, 0.2) is 0 Å². The molecule has 16 heavy (non-hydrogen) atoms. The number of imidazole rings is 1. The SMILES string of the molecule is Cc1nccn1CCCCC(C)(N)C(=O)O. The van der Waals surface area contributed by atoms with E-state index in [4.69, 9.17) is 10.8 Å². The molecule has 0 radical (unpaired) electrons. The van der Waals surface area contributed by atoms with Crippen molar-refractivity contribution in [3.8, 4) is 0 Å². The Morgan fingerprint density at radius 3 is 2.81 bits per heavy atom. The van der Waals surface area contributed by atoms with Gasteiger partial charge in [0.05, 0.1) is 0 Å². The number of carboxylic acid groups (broad SMARTS) is 1. The Kier molecular flexibility index (Phi) is 4.06. The van der Waals surface area contributed by atoms with E-state index in [1.54, 1.807) is 13.1 Å². The number of aliphatic carboxylic acids is 1. The molecular weight excluding hydrogens is 206 g/mol. The molecule has 0 aliphatic carbocycles. The van der Waals surface area contributed by atoms with Crippen LogP contribution in [-0.4, -0.2) is 26.2 Å². The van der Waals surface area contributed by atoms with Crippen molar-refractivity contribution < 1.29 is 9.90 Å². The number of unbranched alkanes of at least 4 members (excludes halogenated alkanes) is 1. The molecule has 1 heterocycles. The first-order chi connectivity index (χ1) is 7.43. The maximum atomic E-state index is 10.8.